The van der Waals surface area contributed by atoms with Gasteiger partial charge in [-0.2, -0.15) is 0 Å². The molecule has 0 atom stereocenters. The zero-order chi connectivity index (χ0) is 21.0. The van der Waals surface area contributed by atoms with Gasteiger partial charge in [-0.3, -0.25) is 0 Å². The standard InChI is InChI=1S/C20H22N2O6S/c1-23-13-7-11(8-14(24-2)17(13)27-5)19-21-22-20(29-19)12-9-15(25-3)18(28-6)16(10-12)26-4/h7-10H,1-6H3. The molecule has 0 bridgehead atoms. The van der Waals surface area contributed by atoms with Crippen LogP contribution in [0.15, 0.2) is 24.3 Å². The Labute approximate surface area is 172 Å². The summed E-state index contributed by atoms with van der Waals surface area (Å²) in [5.74, 6) is 3.23. The van der Waals surface area contributed by atoms with Crippen LogP contribution in [0.25, 0.3) is 21.1 Å². The highest BCUT2D eigenvalue weighted by Crippen LogP contribution is 2.44. The summed E-state index contributed by atoms with van der Waals surface area (Å²) in [5.41, 5.74) is 1.60. The minimum atomic E-state index is 0.521. The maximum atomic E-state index is 5.42. The Balaban J connectivity index is 2.06. The second-order valence-electron chi connectivity index (χ2n) is 5.74. The van der Waals surface area contributed by atoms with E-state index in [2.05, 4.69) is 10.2 Å². The average molecular weight is 418 g/mol. The minimum Gasteiger partial charge on any atom is -0.493 e. The lowest BCUT2D eigenvalue weighted by Crippen LogP contribution is -1.95. The number of benzene rings is 2. The first-order chi connectivity index (χ1) is 14.1. The van der Waals surface area contributed by atoms with Crippen molar-refractivity contribution in [2.75, 3.05) is 42.7 Å². The maximum Gasteiger partial charge on any atom is 0.203 e. The van der Waals surface area contributed by atoms with Crippen molar-refractivity contribution in [1.29, 1.82) is 0 Å². The van der Waals surface area contributed by atoms with Crippen molar-refractivity contribution in [3.8, 4) is 55.6 Å². The van der Waals surface area contributed by atoms with E-state index in [4.69, 9.17) is 28.4 Å². The molecule has 0 N–H and O–H groups in total. The van der Waals surface area contributed by atoms with Crippen LogP contribution in [-0.4, -0.2) is 52.9 Å². The third-order valence-corrected chi connectivity index (χ3v) is 5.27. The highest BCUT2D eigenvalue weighted by Gasteiger charge is 2.19. The Hall–Kier alpha value is -3.20. The second-order valence-corrected chi connectivity index (χ2v) is 6.72. The highest BCUT2D eigenvalue weighted by atomic mass is 32.1. The molecule has 2 aromatic carbocycles. The van der Waals surface area contributed by atoms with Gasteiger partial charge in [0.25, 0.3) is 0 Å². The van der Waals surface area contributed by atoms with Gasteiger partial charge in [0, 0.05) is 11.1 Å². The number of hydrogen-bond donors (Lipinski definition) is 0. The Morgan fingerprint density at radius 2 is 0.828 bits per heavy atom. The molecule has 3 aromatic rings. The average Bonchev–Trinajstić information content (AvgIpc) is 3.27. The van der Waals surface area contributed by atoms with E-state index in [-0.39, 0.29) is 0 Å². The summed E-state index contributed by atoms with van der Waals surface area (Å²) in [6, 6.07) is 7.34. The third kappa shape index (κ3) is 3.86. The van der Waals surface area contributed by atoms with Crippen LogP contribution in [0.3, 0.4) is 0 Å². The number of methoxy groups -OCH3 is 6. The number of rotatable bonds is 8. The predicted octanol–water partition coefficient (Wildman–Crippen LogP) is 3.92. The van der Waals surface area contributed by atoms with Crippen molar-refractivity contribution in [2.24, 2.45) is 0 Å². The van der Waals surface area contributed by atoms with Crippen LogP contribution in [0.4, 0.5) is 0 Å². The van der Waals surface area contributed by atoms with Crippen molar-refractivity contribution in [1.82, 2.24) is 10.2 Å². The Kier molecular flexibility index (Phi) is 6.28. The Bertz CT molecular complexity index is 876. The molecule has 0 saturated carbocycles. The molecule has 0 unspecified atom stereocenters. The van der Waals surface area contributed by atoms with Crippen LogP contribution in [0.1, 0.15) is 0 Å². The lowest BCUT2D eigenvalue weighted by atomic mass is 10.2. The van der Waals surface area contributed by atoms with E-state index in [1.165, 1.54) is 11.3 Å². The van der Waals surface area contributed by atoms with Gasteiger partial charge in [-0.15, -0.1) is 10.2 Å². The fourth-order valence-electron chi connectivity index (χ4n) is 2.87. The van der Waals surface area contributed by atoms with E-state index in [0.29, 0.717) is 44.5 Å². The molecule has 0 radical (unpaired) electrons. The maximum absolute atomic E-state index is 5.42. The molecule has 0 aliphatic carbocycles. The van der Waals surface area contributed by atoms with Gasteiger partial charge in [0.2, 0.25) is 11.5 Å². The van der Waals surface area contributed by atoms with E-state index >= 15 is 0 Å². The molecular formula is C20H22N2O6S. The molecule has 0 fully saturated rings. The first-order valence-electron chi connectivity index (χ1n) is 8.54. The fourth-order valence-corrected chi connectivity index (χ4v) is 3.68. The fraction of sp³-hybridized carbons (Fsp3) is 0.300. The molecule has 0 spiro atoms. The molecule has 0 aliphatic heterocycles. The zero-order valence-electron chi connectivity index (χ0n) is 17.1. The van der Waals surface area contributed by atoms with E-state index in [1.54, 1.807) is 42.7 Å². The summed E-state index contributed by atoms with van der Waals surface area (Å²) < 4.78 is 32.4. The van der Waals surface area contributed by atoms with Gasteiger partial charge in [-0.1, -0.05) is 11.3 Å². The Morgan fingerprint density at radius 3 is 1.07 bits per heavy atom. The summed E-state index contributed by atoms with van der Waals surface area (Å²) in [7, 11) is 9.41. The molecule has 1 aromatic heterocycles. The van der Waals surface area contributed by atoms with Crippen molar-refractivity contribution in [3.63, 3.8) is 0 Å². The summed E-state index contributed by atoms with van der Waals surface area (Å²) in [5, 5.41) is 10.1. The summed E-state index contributed by atoms with van der Waals surface area (Å²) in [4.78, 5) is 0. The first-order valence-corrected chi connectivity index (χ1v) is 9.36. The van der Waals surface area contributed by atoms with Gasteiger partial charge in [-0.05, 0) is 24.3 Å². The van der Waals surface area contributed by atoms with E-state index < -0.39 is 0 Å². The quantitative estimate of drug-likeness (QED) is 0.544. The molecule has 8 nitrogen and oxygen atoms in total. The minimum absolute atomic E-state index is 0.521. The van der Waals surface area contributed by atoms with Crippen LogP contribution in [0, 0.1) is 0 Å². The predicted molar refractivity (Wildman–Crippen MR) is 110 cm³/mol. The highest BCUT2D eigenvalue weighted by molar-refractivity contribution is 7.17. The number of hydrogen-bond acceptors (Lipinski definition) is 9. The van der Waals surface area contributed by atoms with Gasteiger partial charge in [-0.25, -0.2) is 0 Å². The molecule has 29 heavy (non-hydrogen) atoms. The Morgan fingerprint density at radius 1 is 0.517 bits per heavy atom. The van der Waals surface area contributed by atoms with Crippen LogP contribution in [0.2, 0.25) is 0 Å². The van der Waals surface area contributed by atoms with Gasteiger partial charge in [0.1, 0.15) is 10.0 Å². The van der Waals surface area contributed by atoms with E-state index in [9.17, 15) is 0 Å². The largest absolute Gasteiger partial charge is 0.493 e. The zero-order valence-corrected chi connectivity index (χ0v) is 17.9. The van der Waals surface area contributed by atoms with Crippen LogP contribution < -0.4 is 28.4 Å². The smallest absolute Gasteiger partial charge is 0.203 e. The van der Waals surface area contributed by atoms with Gasteiger partial charge >= 0.3 is 0 Å². The number of aromatic nitrogens is 2. The lowest BCUT2D eigenvalue weighted by Gasteiger charge is -2.13. The van der Waals surface area contributed by atoms with Gasteiger partial charge in [0.05, 0.1) is 42.7 Å². The first kappa shape index (κ1) is 20.5. The topological polar surface area (TPSA) is 81.2 Å². The summed E-state index contributed by atoms with van der Waals surface area (Å²) in [6.45, 7) is 0. The van der Waals surface area contributed by atoms with Crippen molar-refractivity contribution >= 4 is 11.3 Å². The molecule has 9 heteroatoms. The monoisotopic (exact) mass is 418 g/mol. The van der Waals surface area contributed by atoms with E-state index in [0.717, 1.165) is 11.1 Å². The van der Waals surface area contributed by atoms with Gasteiger partial charge < -0.3 is 28.4 Å². The van der Waals surface area contributed by atoms with E-state index in [1.807, 2.05) is 24.3 Å². The summed E-state index contributed by atoms with van der Waals surface area (Å²) in [6.07, 6.45) is 0. The molecule has 1 heterocycles. The second kappa shape index (κ2) is 8.87. The number of ether oxygens (including phenoxy) is 6. The molecule has 3 rings (SSSR count). The molecule has 0 aliphatic rings. The SMILES string of the molecule is COc1cc(-c2nnc(-c3cc(OC)c(OC)c(OC)c3)s2)cc(OC)c1OC. The molecule has 0 amide bonds. The normalized spacial score (nSPS) is 10.4. The van der Waals surface area contributed by atoms with Crippen molar-refractivity contribution in [2.45, 2.75) is 0 Å². The lowest BCUT2D eigenvalue weighted by molar-refractivity contribution is 0.324. The van der Waals surface area contributed by atoms with Crippen molar-refractivity contribution in [3.05, 3.63) is 24.3 Å². The van der Waals surface area contributed by atoms with Crippen LogP contribution in [0.5, 0.6) is 34.5 Å². The van der Waals surface area contributed by atoms with Crippen LogP contribution in [-0.2, 0) is 0 Å². The molecule has 0 saturated heterocycles. The van der Waals surface area contributed by atoms with Crippen LogP contribution >= 0.6 is 11.3 Å². The van der Waals surface area contributed by atoms with Gasteiger partial charge in [0.15, 0.2) is 23.0 Å². The molecular weight excluding hydrogens is 396 g/mol. The third-order valence-electron chi connectivity index (χ3n) is 4.25. The number of nitrogens with zero attached hydrogens (tertiary/aromatic N) is 2. The molecule has 154 valence electrons. The van der Waals surface area contributed by atoms with Crippen molar-refractivity contribution < 1.29 is 28.4 Å². The summed E-state index contributed by atoms with van der Waals surface area (Å²) >= 11 is 1.42.